The van der Waals surface area contributed by atoms with Crippen molar-refractivity contribution in [3.63, 3.8) is 0 Å². The van der Waals surface area contributed by atoms with Crippen molar-refractivity contribution in [3.05, 3.63) is 64.1 Å². The van der Waals surface area contributed by atoms with Gasteiger partial charge in [-0.05, 0) is 29.8 Å². The molecule has 0 aliphatic carbocycles. The zero-order valence-electron chi connectivity index (χ0n) is 10.4. The Morgan fingerprint density at radius 3 is 2.55 bits per heavy atom. The number of rotatable bonds is 5. The van der Waals surface area contributed by atoms with Gasteiger partial charge in [-0.3, -0.25) is 0 Å². The lowest BCUT2D eigenvalue weighted by atomic mass is 10.1. The summed E-state index contributed by atoms with van der Waals surface area (Å²) in [5.74, 6) is -0.637. The van der Waals surface area contributed by atoms with Gasteiger partial charge in [0.1, 0.15) is 5.75 Å². The van der Waals surface area contributed by atoms with E-state index in [0.29, 0.717) is 15.8 Å². The monoisotopic (exact) mass is 310 g/mol. The summed E-state index contributed by atoms with van der Waals surface area (Å²) >= 11 is 11.9. The van der Waals surface area contributed by atoms with E-state index in [-0.39, 0.29) is 6.42 Å². The van der Waals surface area contributed by atoms with E-state index in [0.717, 1.165) is 5.56 Å². The molecule has 0 saturated carbocycles. The highest BCUT2D eigenvalue weighted by molar-refractivity contribution is 6.31. The number of ether oxygens (including phenoxy) is 1. The van der Waals surface area contributed by atoms with Gasteiger partial charge < -0.3 is 9.84 Å². The van der Waals surface area contributed by atoms with Gasteiger partial charge in [0.25, 0.3) is 0 Å². The number of carboxylic acid groups (broad SMARTS) is 1. The van der Waals surface area contributed by atoms with Crippen LogP contribution >= 0.6 is 23.2 Å². The maximum Gasteiger partial charge on any atom is 0.345 e. The standard InChI is InChI=1S/C15H12Cl2O3/c16-11-5-3-6-12(9-11)20-14(15(18)19)8-10-4-1-2-7-13(10)17/h1-7,9,14H,8H2,(H,18,19)/t14-/m1/s1. The third-order valence-corrected chi connectivity index (χ3v) is 3.32. The lowest BCUT2D eigenvalue weighted by Crippen LogP contribution is -2.29. The predicted octanol–water partition coefficient (Wildman–Crippen LogP) is 4.07. The van der Waals surface area contributed by atoms with Crippen molar-refractivity contribution in [2.45, 2.75) is 12.5 Å². The van der Waals surface area contributed by atoms with E-state index in [4.69, 9.17) is 27.9 Å². The van der Waals surface area contributed by atoms with Gasteiger partial charge in [0.2, 0.25) is 0 Å². The van der Waals surface area contributed by atoms with Crippen LogP contribution in [0.4, 0.5) is 0 Å². The molecular weight excluding hydrogens is 299 g/mol. The molecule has 3 nitrogen and oxygen atoms in total. The Balaban J connectivity index is 2.16. The highest BCUT2D eigenvalue weighted by Crippen LogP contribution is 2.22. The molecule has 104 valence electrons. The first-order valence-electron chi connectivity index (χ1n) is 5.94. The summed E-state index contributed by atoms with van der Waals surface area (Å²) in [5, 5.41) is 10.3. The molecule has 20 heavy (non-hydrogen) atoms. The SMILES string of the molecule is O=C(O)[C@@H](Cc1ccccc1Cl)Oc1cccc(Cl)c1. The summed E-state index contributed by atoms with van der Waals surface area (Å²) in [4.78, 5) is 11.3. The lowest BCUT2D eigenvalue weighted by Gasteiger charge is -2.16. The van der Waals surface area contributed by atoms with Crippen LogP contribution in [0.3, 0.4) is 0 Å². The summed E-state index contributed by atoms with van der Waals surface area (Å²) in [6.45, 7) is 0. The quantitative estimate of drug-likeness (QED) is 0.905. The summed E-state index contributed by atoms with van der Waals surface area (Å²) in [7, 11) is 0. The van der Waals surface area contributed by atoms with Crippen LogP contribution in [0.2, 0.25) is 10.0 Å². The first kappa shape index (κ1) is 14.7. The number of carbonyl (C=O) groups is 1. The fraction of sp³-hybridized carbons (Fsp3) is 0.133. The van der Waals surface area contributed by atoms with Gasteiger partial charge in [-0.25, -0.2) is 4.79 Å². The van der Waals surface area contributed by atoms with Crippen LogP contribution < -0.4 is 4.74 Å². The number of aliphatic carboxylic acids is 1. The Kier molecular flexibility index (Phi) is 4.88. The number of benzene rings is 2. The normalized spacial score (nSPS) is 11.9. The van der Waals surface area contributed by atoms with Crippen molar-refractivity contribution in [2.24, 2.45) is 0 Å². The van der Waals surface area contributed by atoms with Crippen LogP contribution in [0.25, 0.3) is 0 Å². The van der Waals surface area contributed by atoms with Gasteiger partial charge in [0.05, 0.1) is 0 Å². The second-order valence-corrected chi connectivity index (χ2v) is 5.04. The maximum atomic E-state index is 11.3. The molecule has 0 fully saturated rings. The van der Waals surface area contributed by atoms with Crippen molar-refractivity contribution < 1.29 is 14.6 Å². The topological polar surface area (TPSA) is 46.5 Å². The smallest absolute Gasteiger partial charge is 0.345 e. The van der Waals surface area contributed by atoms with Crippen LogP contribution in [0.15, 0.2) is 48.5 Å². The van der Waals surface area contributed by atoms with Gasteiger partial charge >= 0.3 is 5.97 Å². The fourth-order valence-electron chi connectivity index (χ4n) is 1.75. The molecule has 0 aromatic heterocycles. The molecular formula is C15H12Cl2O3. The van der Waals surface area contributed by atoms with E-state index in [9.17, 15) is 9.90 Å². The Bertz CT molecular complexity index is 614. The second-order valence-electron chi connectivity index (χ2n) is 4.20. The summed E-state index contributed by atoms with van der Waals surface area (Å²) in [6.07, 6.45) is -0.838. The summed E-state index contributed by atoms with van der Waals surface area (Å²) in [6, 6.07) is 13.7. The third kappa shape index (κ3) is 3.89. The maximum absolute atomic E-state index is 11.3. The highest BCUT2D eigenvalue weighted by atomic mass is 35.5. The Hall–Kier alpha value is -1.71. The van der Waals surface area contributed by atoms with Gasteiger partial charge in [0, 0.05) is 16.5 Å². The Morgan fingerprint density at radius 1 is 1.15 bits per heavy atom. The Labute approximate surface area is 126 Å². The van der Waals surface area contributed by atoms with Gasteiger partial charge in [0.15, 0.2) is 6.10 Å². The van der Waals surface area contributed by atoms with E-state index in [2.05, 4.69) is 0 Å². The van der Waals surface area contributed by atoms with E-state index >= 15 is 0 Å². The zero-order chi connectivity index (χ0) is 14.5. The summed E-state index contributed by atoms with van der Waals surface area (Å²) in [5.41, 5.74) is 0.726. The molecule has 0 aliphatic rings. The van der Waals surface area contributed by atoms with Gasteiger partial charge in [-0.15, -0.1) is 0 Å². The third-order valence-electron chi connectivity index (χ3n) is 2.71. The molecule has 0 saturated heterocycles. The molecule has 0 spiro atoms. The number of hydrogen-bond donors (Lipinski definition) is 1. The molecule has 0 radical (unpaired) electrons. The summed E-state index contributed by atoms with van der Waals surface area (Å²) < 4.78 is 5.47. The van der Waals surface area contributed by atoms with Crippen molar-refractivity contribution >= 4 is 29.2 Å². The van der Waals surface area contributed by atoms with Crippen LogP contribution in [-0.2, 0) is 11.2 Å². The molecule has 1 N–H and O–H groups in total. The van der Waals surface area contributed by atoms with Gasteiger partial charge in [-0.1, -0.05) is 47.5 Å². The van der Waals surface area contributed by atoms with Crippen LogP contribution in [0.1, 0.15) is 5.56 Å². The first-order chi connectivity index (χ1) is 9.56. The molecule has 0 aliphatic heterocycles. The number of hydrogen-bond acceptors (Lipinski definition) is 2. The molecule has 0 heterocycles. The van der Waals surface area contributed by atoms with E-state index in [1.165, 1.54) is 0 Å². The van der Waals surface area contributed by atoms with Crippen molar-refractivity contribution in [2.75, 3.05) is 0 Å². The first-order valence-corrected chi connectivity index (χ1v) is 6.70. The Morgan fingerprint density at radius 2 is 1.90 bits per heavy atom. The molecule has 2 rings (SSSR count). The fourth-order valence-corrected chi connectivity index (χ4v) is 2.14. The lowest BCUT2D eigenvalue weighted by molar-refractivity contribution is -0.145. The molecule has 0 bridgehead atoms. The largest absolute Gasteiger partial charge is 0.478 e. The molecule has 2 aromatic rings. The minimum absolute atomic E-state index is 0.182. The number of halogens is 2. The minimum atomic E-state index is -1.05. The van der Waals surface area contributed by atoms with Crippen molar-refractivity contribution in [1.82, 2.24) is 0 Å². The predicted molar refractivity (Wildman–Crippen MR) is 78.7 cm³/mol. The highest BCUT2D eigenvalue weighted by Gasteiger charge is 2.21. The van der Waals surface area contributed by atoms with E-state index in [1.54, 1.807) is 48.5 Å². The van der Waals surface area contributed by atoms with E-state index < -0.39 is 12.1 Å². The van der Waals surface area contributed by atoms with Crippen LogP contribution in [0.5, 0.6) is 5.75 Å². The number of carboxylic acids is 1. The van der Waals surface area contributed by atoms with Crippen LogP contribution in [0, 0.1) is 0 Å². The van der Waals surface area contributed by atoms with Crippen molar-refractivity contribution in [3.8, 4) is 5.75 Å². The zero-order valence-corrected chi connectivity index (χ0v) is 11.9. The average molecular weight is 311 g/mol. The van der Waals surface area contributed by atoms with E-state index in [1.807, 2.05) is 0 Å². The second kappa shape index (κ2) is 6.64. The van der Waals surface area contributed by atoms with Crippen LogP contribution in [-0.4, -0.2) is 17.2 Å². The molecule has 5 heteroatoms. The molecule has 1 atom stereocenters. The molecule has 2 aromatic carbocycles. The van der Waals surface area contributed by atoms with Gasteiger partial charge in [-0.2, -0.15) is 0 Å². The average Bonchev–Trinajstić information content (AvgIpc) is 2.40. The molecule has 0 unspecified atom stereocenters. The minimum Gasteiger partial charge on any atom is -0.478 e. The molecule has 0 amide bonds. The van der Waals surface area contributed by atoms with Crippen molar-refractivity contribution in [1.29, 1.82) is 0 Å².